The first-order valence-corrected chi connectivity index (χ1v) is 7.07. The standard InChI is InChI=1S/C20H17N/c1-3-5-8-15(4-2)16-11-12-20-19(13-16)18-10-7-6-9-17(18)14-21-20/h3-14H,2H2,1H3/b5-3-,15-8+. The highest BCUT2D eigenvalue weighted by atomic mass is 14.6. The second-order valence-electron chi connectivity index (χ2n) is 4.93. The van der Waals surface area contributed by atoms with E-state index in [-0.39, 0.29) is 0 Å². The highest BCUT2D eigenvalue weighted by molar-refractivity contribution is 6.06. The Balaban J connectivity index is 2.27. The Hall–Kier alpha value is -2.67. The topological polar surface area (TPSA) is 12.9 Å². The van der Waals surface area contributed by atoms with E-state index in [0.717, 1.165) is 16.7 Å². The van der Waals surface area contributed by atoms with Gasteiger partial charge < -0.3 is 0 Å². The molecule has 1 aromatic heterocycles. The molecule has 0 fully saturated rings. The normalized spacial score (nSPS) is 12.3. The molecule has 0 saturated heterocycles. The van der Waals surface area contributed by atoms with Crippen molar-refractivity contribution in [3.8, 4) is 0 Å². The van der Waals surface area contributed by atoms with Gasteiger partial charge in [-0.25, -0.2) is 0 Å². The monoisotopic (exact) mass is 271 g/mol. The quantitative estimate of drug-likeness (QED) is 0.450. The third-order valence-corrected chi connectivity index (χ3v) is 3.61. The summed E-state index contributed by atoms with van der Waals surface area (Å²) in [5, 5.41) is 3.58. The van der Waals surface area contributed by atoms with E-state index in [1.165, 1.54) is 16.2 Å². The first-order valence-electron chi connectivity index (χ1n) is 7.07. The summed E-state index contributed by atoms with van der Waals surface area (Å²) in [7, 11) is 0. The molecule has 2 aromatic carbocycles. The lowest BCUT2D eigenvalue weighted by Crippen LogP contribution is -1.85. The molecule has 3 aromatic rings. The minimum absolute atomic E-state index is 1.02. The lowest BCUT2D eigenvalue weighted by Gasteiger charge is -2.07. The summed E-state index contributed by atoms with van der Waals surface area (Å²) >= 11 is 0. The molecule has 0 bridgehead atoms. The molecule has 0 atom stereocenters. The van der Waals surface area contributed by atoms with Crippen molar-refractivity contribution in [3.63, 3.8) is 0 Å². The maximum absolute atomic E-state index is 4.54. The molecule has 0 unspecified atom stereocenters. The van der Waals surface area contributed by atoms with Crippen LogP contribution in [0.15, 0.2) is 79.5 Å². The Labute approximate surface area is 125 Å². The Kier molecular flexibility index (Phi) is 3.65. The van der Waals surface area contributed by atoms with E-state index in [0.29, 0.717) is 0 Å². The van der Waals surface area contributed by atoms with Crippen molar-refractivity contribution >= 4 is 27.2 Å². The van der Waals surface area contributed by atoms with Gasteiger partial charge in [-0.3, -0.25) is 4.98 Å². The van der Waals surface area contributed by atoms with E-state index < -0.39 is 0 Å². The predicted octanol–water partition coefficient (Wildman–Crippen LogP) is 5.53. The smallest absolute Gasteiger partial charge is 0.0708 e. The van der Waals surface area contributed by atoms with Gasteiger partial charge in [0.1, 0.15) is 0 Å². The van der Waals surface area contributed by atoms with Crippen LogP contribution in [-0.2, 0) is 0 Å². The highest BCUT2D eigenvalue weighted by Crippen LogP contribution is 2.27. The van der Waals surface area contributed by atoms with Crippen molar-refractivity contribution in [1.82, 2.24) is 4.98 Å². The maximum atomic E-state index is 4.54. The second kappa shape index (κ2) is 5.76. The van der Waals surface area contributed by atoms with Crippen molar-refractivity contribution in [2.45, 2.75) is 6.92 Å². The van der Waals surface area contributed by atoms with E-state index in [9.17, 15) is 0 Å². The van der Waals surface area contributed by atoms with Crippen molar-refractivity contribution in [1.29, 1.82) is 0 Å². The lowest BCUT2D eigenvalue weighted by atomic mass is 10.00. The van der Waals surface area contributed by atoms with Gasteiger partial charge in [-0.15, -0.1) is 0 Å². The minimum Gasteiger partial charge on any atom is -0.256 e. The Morgan fingerprint density at radius 2 is 1.95 bits per heavy atom. The van der Waals surface area contributed by atoms with Gasteiger partial charge in [0, 0.05) is 17.0 Å². The van der Waals surface area contributed by atoms with Gasteiger partial charge in [0.2, 0.25) is 0 Å². The van der Waals surface area contributed by atoms with Gasteiger partial charge in [0.05, 0.1) is 5.52 Å². The van der Waals surface area contributed by atoms with Gasteiger partial charge in [-0.1, -0.05) is 61.2 Å². The number of hydrogen-bond acceptors (Lipinski definition) is 1. The molecule has 0 N–H and O–H groups in total. The van der Waals surface area contributed by atoms with Gasteiger partial charge in [0.25, 0.3) is 0 Å². The molecule has 0 aliphatic heterocycles. The van der Waals surface area contributed by atoms with Crippen molar-refractivity contribution < 1.29 is 0 Å². The fourth-order valence-electron chi connectivity index (χ4n) is 2.52. The van der Waals surface area contributed by atoms with Crippen molar-refractivity contribution in [2.24, 2.45) is 0 Å². The van der Waals surface area contributed by atoms with Gasteiger partial charge in [0.15, 0.2) is 0 Å². The first kappa shape index (κ1) is 13.3. The van der Waals surface area contributed by atoms with Gasteiger partial charge in [-0.2, -0.15) is 0 Å². The van der Waals surface area contributed by atoms with Crippen LogP contribution in [0.5, 0.6) is 0 Å². The lowest BCUT2D eigenvalue weighted by molar-refractivity contribution is 1.44. The zero-order valence-electron chi connectivity index (χ0n) is 12.1. The fraction of sp³-hybridized carbons (Fsp3) is 0.0500. The van der Waals surface area contributed by atoms with E-state index in [4.69, 9.17) is 0 Å². The molecule has 3 rings (SSSR count). The van der Waals surface area contributed by atoms with Crippen LogP contribution in [0.4, 0.5) is 0 Å². The number of hydrogen-bond donors (Lipinski definition) is 0. The van der Waals surface area contributed by atoms with Crippen LogP contribution in [0, 0.1) is 0 Å². The van der Waals surface area contributed by atoms with E-state index >= 15 is 0 Å². The van der Waals surface area contributed by atoms with Crippen LogP contribution in [0.3, 0.4) is 0 Å². The fourth-order valence-corrected chi connectivity index (χ4v) is 2.52. The van der Waals surface area contributed by atoms with Crippen molar-refractivity contribution in [3.05, 3.63) is 85.1 Å². The molecule has 0 aliphatic carbocycles. The average Bonchev–Trinajstić information content (AvgIpc) is 2.55. The largest absolute Gasteiger partial charge is 0.256 e. The molecule has 0 spiro atoms. The third-order valence-electron chi connectivity index (χ3n) is 3.61. The number of rotatable bonds is 3. The molecule has 21 heavy (non-hydrogen) atoms. The first-order chi connectivity index (χ1) is 10.3. The van der Waals surface area contributed by atoms with E-state index in [1.54, 1.807) is 0 Å². The summed E-state index contributed by atoms with van der Waals surface area (Å²) in [5.74, 6) is 0. The molecular formula is C20H17N. The number of benzene rings is 2. The summed E-state index contributed by atoms with van der Waals surface area (Å²) in [6, 6.07) is 14.7. The van der Waals surface area contributed by atoms with Crippen molar-refractivity contribution in [2.75, 3.05) is 0 Å². The second-order valence-corrected chi connectivity index (χ2v) is 4.93. The molecule has 0 saturated carbocycles. The zero-order chi connectivity index (χ0) is 14.7. The molecule has 1 nitrogen and oxygen atoms in total. The minimum atomic E-state index is 1.02. The van der Waals surface area contributed by atoms with Crippen LogP contribution in [0.1, 0.15) is 12.5 Å². The molecule has 0 aliphatic rings. The van der Waals surface area contributed by atoms with E-state index in [2.05, 4.69) is 54.0 Å². The number of aromatic nitrogens is 1. The summed E-state index contributed by atoms with van der Waals surface area (Å²) < 4.78 is 0. The van der Waals surface area contributed by atoms with Crippen LogP contribution >= 0.6 is 0 Å². The van der Waals surface area contributed by atoms with Gasteiger partial charge in [-0.05, 0) is 35.6 Å². The van der Waals surface area contributed by atoms with Crippen LogP contribution < -0.4 is 0 Å². The molecule has 0 amide bonds. The highest BCUT2D eigenvalue weighted by Gasteiger charge is 2.04. The van der Waals surface area contributed by atoms with Gasteiger partial charge >= 0.3 is 0 Å². The SMILES string of the molecule is C=C/C(=C\C=C/C)c1ccc2ncc3ccccc3c2c1. The Bertz CT molecular complexity index is 869. The van der Waals surface area contributed by atoms with Crippen LogP contribution in [-0.4, -0.2) is 4.98 Å². The average molecular weight is 271 g/mol. The zero-order valence-corrected chi connectivity index (χ0v) is 12.1. The van der Waals surface area contributed by atoms with E-state index in [1.807, 2.05) is 37.4 Å². The van der Waals surface area contributed by atoms with Crippen LogP contribution in [0.2, 0.25) is 0 Å². The summed E-state index contributed by atoms with van der Waals surface area (Å²) in [5.41, 5.74) is 3.29. The Morgan fingerprint density at radius 3 is 2.76 bits per heavy atom. The number of allylic oxidation sites excluding steroid dienone is 5. The third kappa shape index (κ3) is 2.50. The maximum Gasteiger partial charge on any atom is 0.0708 e. The molecule has 1 heteroatoms. The predicted molar refractivity (Wildman–Crippen MR) is 92.2 cm³/mol. The molecule has 1 heterocycles. The molecular weight excluding hydrogens is 254 g/mol. The molecule has 102 valence electrons. The van der Waals surface area contributed by atoms with Crippen LogP contribution in [0.25, 0.3) is 27.2 Å². The number of pyridine rings is 1. The molecule has 0 radical (unpaired) electrons. The Morgan fingerprint density at radius 1 is 1.10 bits per heavy atom. The number of nitrogens with zero attached hydrogens (tertiary/aromatic N) is 1. The summed E-state index contributed by atoms with van der Waals surface area (Å²) in [4.78, 5) is 4.54. The number of fused-ring (bicyclic) bond motifs is 3. The summed E-state index contributed by atoms with van der Waals surface area (Å²) in [6.45, 7) is 5.92. The summed E-state index contributed by atoms with van der Waals surface area (Å²) in [6.07, 6.45) is 9.94.